The van der Waals surface area contributed by atoms with Gasteiger partial charge in [0.25, 0.3) is 0 Å². The third-order valence-corrected chi connectivity index (χ3v) is 4.80. The van der Waals surface area contributed by atoms with Crippen molar-refractivity contribution in [3.63, 3.8) is 0 Å². The molecule has 2 fully saturated rings. The molecule has 3 heterocycles. The molecule has 0 spiro atoms. The van der Waals surface area contributed by atoms with Crippen LogP contribution in [0.3, 0.4) is 0 Å². The van der Waals surface area contributed by atoms with Gasteiger partial charge in [-0.2, -0.15) is 4.98 Å². The van der Waals surface area contributed by atoms with E-state index >= 15 is 0 Å². The van der Waals surface area contributed by atoms with Crippen molar-refractivity contribution < 1.29 is 9.53 Å². The van der Waals surface area contributed by atoms with Crippen LogP contribution in [-0.4, -0.2) is 78.6 Å². The first-order chi connectivity index (χ1) is 11.8. The van der Waals surface area contributed by atoms with Crippen molar-refractivity contribution in [3.05, 3.63) is 12.3 Å². The molecule has 7 heteroatoms. The van der Waals surface area contributed by atoms with Gasteiger partial charge in [-0.05, 0) is 12.8 Å². The van der Waals surface area contributed by atoms with Gasteiger partial charge in [0.2, 0.25) is 17.7 Å². The lowest BCUT2D eigenvalue weighted by Crippen LogP contribution is -2.50. The third kappa shape index (κ3) is 4.35. The average molecular weight is 333 g/mol. The van der Waals surface area contributed by atoms with E-state index in [0.29, 0.717) is 18.4 Å². The Hall–Kier alpha value is -1.89. The smallest absolute Gasteiger partial charge is 0.236 e. The van der Waals surface area contributed by atoms with Crippen LogP contribution in [0.2, 0.25) is 0 Å². The summed E-state index contributed by atoms with van der Waals surface area (Å²) in [5, 5.41) is 0. The lowest BCUT2D eigenvalue weighted by Gasteiger charge is -2.35. The standard InChI is InChI=1S/C17H27N5O2/c1-24-15-6-7-18-17(19-15)22-12-10-20(11-13-22)14-16(23)21-8-4-2-3-5-9-21/h6-7H,2-5,8-14H2,1H3. The second-order valence-electron chi connectivity index (χ2n) is 6.46. The SMILES string of the molecule is COc1ccnc(N2CCN(CC(=O)N3CCCCCC3)CC2)n1. The van der Waals surface area contributed by atoms with E-state index in [0.717, 1.165) is 52.1 Å². The van der Waals surface area contributed by atoms with Gasteiger partial charge in [-0.15, -0.1) is 0 Å². The molecular formula is C17H27N5O2. The molecule has 0 aromatic carbocycles. The first-order valence-corrected chi connectivity index (χ1v) is 8.88. The van der Waals surface area contributed by atoms with Gasteiger partial charge in [0, 0.05) is 51.5 Å². The summed E-state index contributed by atoms with van der Waals surface area (Å²) < 4.78 is 5.16. The molecule has 0 aliphatic carbocycles. The van der Waals surface area contributed by atoms with Crippen LogP contribution in [0.25, 0.3) is 0 Å². The number of ether oxygens (including phenoxy) is 1. The zero-order valence-electron chi connectivity index (χ0n) is 14.5. The van der Waals surface area contributed by atoms with Crippen molar-refractivity contribution in [1.29, 1.82) is 0 Å². The highest BCUT2D eigenvalue weighted by atomic mass is 16.5. The Labute approximate surface area is 143 Å². The topological polar surface area (TPSA) is 61.8 Å². The number of rotatable bonds is 4. The van der Waals surface area contributed by atoms with Gasteiger partial charge in [0.05, 0.1) is 13.7 Å². The van der Waals surface area contributed by atoms with E-state index in [1.54, 1.807) is 19.4 Å². The number of aromatic nitrogens is 2. The zero-order chi connectivity index (χ0) is 16.8. The molecule has 1 amide bonds. The fourth-order valence-electron chi connectivity index (χ4n) is 3.32. The van der Waals surface area contributed by atoms with E-state index in [9.17, 15) is 4.79 Å². The number of likely N-dealkylation sites (tertiary alicyclic amines) is 1. The van der Waals surface area contributed by atoms with Gasteiger partial charge in [0.1, 0.15) is 0 Å². The minimum atomic E-state index is 0.281. The quantitative estimate of drug-likeness (QED) is 0.819. The molecule has 2 saturated heterocycles. The summed E-state index contributed by atoms with van der Waals surface area (Å²) in [7, 11) is 1.61. The number of nitrogens with zero attached hydrogens (tertiary/aromatic N) is 5. The molecule has 0 saturated carbocycles. The summed E-state index contributed by atoms with van der Waals surface area (Å²) in [4.78, 5) is 27.6. The second kappa shape index (κ2) is 8.28. The highest BCUT2D eigenvalue weighted by Gasteiger charge is 2.23. The number of amides is 1. The molecule has 3 rings (SSSR count). The van der Waals surface area contributed by atoms with Gasteiger partial charge in [0.15, 0.2) is 0 Å². The Balaban J connectivity index is 1.48. The van der Waals surface area contributed by atoms with Gasteiger partial charge in [-0.1, -0.05) is 12.8 Å². The molecule has 0 bridgehead atoms. The Morgan fingerprint density at radius 2 is 1.79 bits per heavy atom. The largest absolute Gasteiger partial charge is 0.481 e. The highest BCUT2D eigenvalue weighted by Crippen LogP contribution is 2.15. The molecule has 0 atom stereocenters. The van der Waals surface area contributed by atoms with Crippen LogP contribution < -0.4 is 9.64 Å². The molecule has 2 aliphatic rings. The predicted octanol–water partition coefficient (Wildman–Crippen LogP) is 1.01. The van der Waals surface area contributed by atoms with Gasteiger partial charge >= 0.3 is 0 Å². The number of hydrogen-bond acceptors (Lipinski definition) is 6. The van der Waals surface area contributed by atoms with Crippen molar-refractivity contribution in [1.82, 2.24) is 19.8 Å². The van der Waals surface area contributed by atoms with E-state index in [1.807, 2.05) is 4.90 Å². The van der Waals surface area contributed by atoms with Gasteiger partial charge < -0.3 is 14.5 Å². The second-order valence-corrected chi connectivity index (χ2v) is 6.46. The van der Waals surface area contributed by atoms with Crippen LogP contribution in [0.15, 0.2) is 12.3 Å². The third-order valence-electron chi connectivity index (χ3n) is 4.80. The zero-order valence-corrected chi connectivity index (χ0v) is 14.5. The minimum absolute atomic E-state index is 0.281. The molecule has 132 valence electrons. The van der Waals surface area contributed by atoms with Crippen molar-refractivity contribution in [2.45, 2.75) is 25.7 Å². The molecule has 0 N–H and O–H groups in total. The number of carbonyl (C=O) groups is 1. The van der Waals surface area contributed by atoms with Crippen molar-refractivity contribution >= 4 is 11.9 Å². The van der Waals surface area contributed by atoms with Crippen molar-refractivity contribution in [3.8, 4) is 5.88 Å². The Kier molecular flexibility index (Phi) is 5.85. The minimum Gasteiger partial charge on any atom is -0.481 e. The average Bonchev–Trinajstić information content (AvgIpc) is 2.92. The predicted molar refractivity (Wildman–Crippen MR) is 92.3 cm³/mol. The maximum absolute atomic E-state index is 12.5. The van der Waals surface area contributed by atoms with Gasteiger partial charge in [-0.25, -0.2) is 4.98 Å². The molecule has 1 aromatic rings. The number of hydrogen-bond donors (Lipinski definition) is 0. The van der Waals surface area contributed by atoms with E-state index in [4.69, 9.17) is 4.74 Å². The molecule has 2 aliphatic heterocycles. The molecule has 7 nitrogen and oxygen atoms in total. The molecule has 0 radical (unpaired) electrons. The van der Waals surface area contributed by atoms with Gasteiger partial charge in [-0.3, -0.25) is 9.69 Å². The van der Waals surface area contributed by atoms with Crippen LogP contribution in [0.4, 0.5) is 5.95 Å². The maximum Gasteiger partial charge on any atom is 0.236 e. The summed E-state index contributed by atoms with van der Waals surface area (Å²) in [6, 6.07) is 1.75. The normalized spacial score (nSPS) is 19.9. The summed E-state index contributed by atoms with van der Waals surface area (Å²) in [5.41, 5.74) is 0. The van der Waals surface area contributed by atoms with E-state index in [1.165, 1.54) is 12.8 Å². The van der Waals surface area contributed by atoms with E-state index in [-0.39, 0.29) is 5.91 Å². The Morgan fingerprint density at radius 3 is 2.46 bits per heavy atom. The Bertz CT molecular complexity index is 538. The molecule has 1 aromatic heterocycles. The first-order valence-electron chi connectivity index (χ1n) is 8.88. The van der Waals surface area contributed by atoms with Crippen LogP contribution in [0.1, 0.15) is 25.7 Å². The lowest BCUT2D eigenvalue weighted by molar-refractivity contribution is -0.132. The summed E-state index contributed by atoms with van der Waals surface area (Å²) in [5.74, 6) is 1.56. The summed E-state index contributed by atoms with van der Waals surface area (Å²) in [6.07, 6.45) is 6.52. The van der Waals surface area contributed by atoms with Crippen molar-refractivity contribution in [2.24, 2.45) is 0 Å². The van der Waals surface area contributed by atoms with E-state index in [2.05, 4.69) is 19.8 Å². The van der Waals surface area contributed by atoms with Crippen LogP contribution in [0, 0.1) is 0 Å². The fraction of sp³-hybridized carbons (Fsp3) is 0.706. The molecule has 0 unspecified atom stereocenters. The molecule has 24 heavy (non-hydrogen) atoms. The highest BCUT2D eigenvalue weighted by molar-refractivity contribution is 5.78. The monoisotopic (exact) mass is 333 g/mol. The lowest BCUT2D eigenvalue weighted by atomic mass is 10.2. The molecular weight excluding hydrogens is 306 g/mol. The van der Waals surface area contributed by atoms with Crippen molar-refractivity contribution in [2.75, 3.05) is 57.8 Å². The number of carbonyl (C=O) groups excluding carboxylic acids is 1. The number of piperazine rings is 1. The number of anilines is 1. The van der Waals surface area contributed by atoms with Crippen LogP contribution in [-0.2, 0) is 4.79 Å². The van der Waals surface area contributed by atoms with Crippen LogP contribution in [0.5, 0.6) is 5.88 Å². The van der Waals surface area contributed by atoms with Crippen LogP contribution >= 0.6 is 0 Å². The summed E-state index contributed by atoms with van der Waals surface area (Å²) in [6.45, 7) is 5.78. The summed E-state index contributed by atoms with van der Waals surface area (Å²) >= 11 is 0. The van der Waals surface area contributed by atoms with E-state index < -0.39 is 0 Å². The first kappa shape index (κ1) is 17.0. The maximum atomic E-state index is 12.5. The Morgan fingerprint density at radius 1 is 1.08 bits per heavy atom. The fourth-order valence-corrected chi connectivity index (χ4v) is 3.32. The number of methoxy groups -OCH3 is 1.